The summed E-state index contributed by atoms with van der Waals surface area (Å²) in [7, 11) is 0. The number of halogens is 3. The molecule has 1 saturated heterocycles. The van der Waals surface area contributed by atoms with Gasteiger partial charge in [-0.2, -0.15) is 13.2 Å². The number of likely N-dealkylation sites (tertiary alicyclic amines) is 1. The first-order chi connectivity index (χ1) is 7.79. The van der Waals surface area contributed by atoms with E-state index in [1.165, 1.54) is 0 Å². The molecule has 1 aliphatic heterocycles. The van der Waals surface area contributed by atoms with E-state index >= 15 is 0 Å². The van der Waals surface area contributed by atoms with Gasteiger partial charge in [-0.25, -0.2) is 0 Å². The number of alkyl halides is 3. The lowest BCUT2D eigenvalue weighted by molar-refractivity contribution is -0.174. The molecule has 1 N–H and O–H groups in total. The number of nitrogens with zero attached hydrogens (tertiary/aromatic N) is 1. The van der Waals surface area contributed by atoms with Crippen LogP contribution in [0, 0.1) is 11.8 Å². The van der Waals surface area contributed by atoms with Crippen molar-refractivity contribution in [3.05, 3.63) is 0 Å². The highest BCUT2D eigenvalue weighted by atomic mass is 19.4. The van der Waals surface area contributed by atoms with Crippen LogP contribution in [0.15, 0.2) is 0 Å². The van der Waals surface area contributed by atoms with E-state index in [0.717, 1.165) is 0 Å². The van der Waals surface area contributed by atoms with E-state index < -0.39 is 24.7 Å². The van der Waals surface area contributed by atoms with Crippen molar-refractivity contribution in [2.45, 2.75) is 13.1 Å². The molecular weight excluding hydrogens is 239 g/mol. The van der Waals surface area contributed by atoms with Crippen LogP contribution < -0.4 is 0 Å². The smallest absolute Gasteiger partial charge is 0.411 e. The molecule has 0 amide bonds. The third kappa shape index (κ3) is 4.91. The molecule has 0 bridgehead atoms. The Morgan fingerprint density at radius 3 is 2.59 bits per heavy atom. The largest absolute Gasteiger partial charge is 0.481 e. The zero-order chi connectivity index (χ0) is 13.1. The van der Waals surface area contributed by atoms with Crippen LogP contribution in [0.3, 0.4) is 0 Å². The van der Waals surface area contributed by atoms with Crippen LogP contribution in [0.1, 0.15) is 6.92 Å². The van der Waals surface area contributed by atoms with Gasteiger partial charge in [0.15, 0.2) is 0 Å². The summed E-state index contributed by atoms with van der Waals surface area (Å²) in [6.45, 7) is 1.86. The Hall–Kier alpha value is -0.820. The zero-order valence-electron chi connectivity index (χ0n) is 9.54. The molecule has 0 aromatic rings. The molecule has 0 spiro atoms. The summed E-state index contributed by atoms with van der Waals surface area (Å²) in [5.74, 6) is -1.26. The molecular formula is C10H16F3NO3. The lowest BCUT2D eigenvalue weighted by Crippen LogP contribution is -2.28. The summed E-state index contributed by atoms with van der Waals surface area (Å²) in [5, 5.41) is 8.87. The third-order valence-corrected chi connectivity index (χ3v) is 2.82. The first kappa shape index (κ1) is 14.2. The van der Waals surface area contributed by atoms with Crippen LogP contribution in [0.2, 0.25) is 0 Å². The second-order valence-corrected chi connectivity index (χ2v) is 4.35. The number of hydrogen-bond donors (Lipinski definition) is 1. The maximum atomic E-state index is 11.8. The monoisotopic (exact) mass is 255 g/mol. The van der Waals surface area contributed by atoms with E-state index in [1.54, 1.807) is 0 Å². The number of carbonyl (C=O) groups is 1. The van der Waals surface area contributed by atoms with E-state index in [4.69, 9.17) is 5.11 Å². The van der Waals surface area contributed by atoms with Crippen molar-refractivity contribution in [3.8, 4) is 0 Å². The van der Waals surface area contributed by atoms with Gasteiger partial charge in [-0.15, -0.1) is 0 Å². The van der Waals surface area contributed by atoms with Gasteiger partial charge in [0.05, 0.1) is 12.5 Å². The van der Waals surface area contributed by atoms with Gasteiger partial charge < -0.3 is 9.84 Å². The Balaban J connectivity index is 2.20. The van der Waals surface area contributed by atoms with E-state index in [2.05, 4.69) is 4.74 Å². The molecule has 2 atom stereocenters. The second kappa shape index (κ2) is 5.68. The van der Waals surface area contributed by atoms with E-state index in [1.807, 2.05) is 11.8 Å². The van der Waals surface area contributed by atoms with Gasteiger partial charge in [-0.05, 0) is 5.92 Å². The minimum absolute atomic E-state index is 0.0233. The highest BCUT2D eigenvalue weighted by Gasteiger charge is 2.34. The first-order valence-electron chi connectivity index (χ1n) is 5.39. The van der Waals surface area contributed by atoms with Crippen molar-refractivity contribution in [1.29, 1.82) is 0 Å². The standard InChI is InChI=1S/C10H16F3NO3/c1-7-4-14(5-8(7)9(15)16)2-3-17-6-10(11,12)13/h7-8H,2-6H2,1H3,(H,15,16). The summed E-state index contributed by atoms with van der Waals surface area (Å²) in [4.78, 5) is 12.6. The lowest BCUT2D eigenvalue weighted by Gasteiger charge is -2.15. The number of carboxylic acid groups (broad SMARTS) is 1. The molecule has 100 valence electrons. The average molecular weight is 255 g/mol. The van der Waals surface area contributed by atoms with Gasteiger partial charge in [0.25, 0.3) is 0 Å². The molecule has 2 unspecified atom stereocenters. The molecule has 1 aliphatic rings. The van der Waals surface area contributed by atoms with Crippen LogP contribution >= 0.6 is 0 Å². The number of rotatable bonds is 5. The summed E-state index contributed by atoms with van der Waals surface area (Å²) in [6.07, 6.45) is -4.30. The van der Waals surface area contributed by atoms with Gasteiger partial charge >= 0.3 is 12.1 Å². The SMILES string of the molecule is CC1CN(CCOCC(F)(F)F)CC1C(=O)O. The molecule has 0 saturated carbocycles. The Kier molecular flexibility index (Phi) is 4.76. The van der Waals surface area contributed by atoms with E-state index in [9.17, 15) is 18.0 Å². The molecule has 0 aromatic heterocycles. The van der Waals surface area contributed by atoms with Crippen LogP contribution in [-0.4, -0.2) is 55.0 Å². The molecule has 1 rings (SSSR count). The van der Waals surface area contributed by atoms with Crippen LogP contribution in [0.25, 0.3) is 0 Å². The fourth-order valence-corrected chi connectivity index (χ4v) is 1.95. The zero-order valence-corrected chi connectivity index (χ0v) is 9.54. The molecule has 0 aliphatic carbocycles. The van der Waals surface area contributed by atoms with Crippen LogP contribution in [0.4, 0.5) is 13.2 Å². The van der Waals surface area contributed by atoms with Crippen molar-refractivity contribution >= 4 is 5.97 Å². The van der Waals surface area contributed by atoms with Crippen molar-refractivity contribution < 1.29 is 27.8 Å². The summed E-state index contributed by atoms with van der Waals surface area (Å²) >= 11 is 0. The highest BCUT2D eigenvalue weighted by Crippen LogP contribution is 2.22. The van der Waals surface area contributed by atoms with Gasteiger partial charge in [-0.1, -0.05) is 6.92 Å². The number of ether oxygens (including phenoxy) is 1. The normalized spacial score (nSPS) is 26.4. The second-order valence-electron chi connectivity index (χ2n) is 4.35. The number of hydrogen-bond acceptors (Lipinski definition) is 3. The minimum atomic E-state index is -4.30. The molecule has 7 heteroatoms. The maximum Gasteiger partial charge on any atom is 0.411 e. The predicted octanol–water partition coefficient (Wildman–Crippen LogP) is 1.22. The Morgan fingerprint density at radius 2 is 2.12 bits per heavy atom. The van der Waals surface area contributed by atoms with E-state index in [-0.39, 0.29) is 12.5 Å². The third-order valence-electron chi connectivity index (χ3n) is 2.82. The molecule has 4 nitrogen and oxygen atoms in total. The van der Waals surface area contributed by atoms with Crippen LogP contribution in [-0.2, 0) is 9.53 Å². The number of aliphatic carboxylic acids is 1. The first-order valence-corrected chi connectivity index (χ1v) is 5.39. The fraction of sp³-hybridized carbons (Fsp3) is 0.900. The van der Waals surface area contributed by atoms with E-state index in [0.29, 0.717) is 19.6 Å². The summed E-state index contributed by atoms with van der Waals surface area (Å²) in [6, 6.07) is 0. The average Bonchev–Trinajstić information content (AvgIpc) is 2.53. The van der Waals surface area contributed by atoms with Gasteiger partial charge in [0.2, 0.25) is 0 Å². The Bertz CT molecular complexity index is 270. The Morgan fingerprint density at radius 1 is 1.47 bits per heavy atom. The van der Waals surface area contributed by atoms with Gasteiger partial charge in [0, 0.05) is 19.6 Å². The molecule has 0 radical (unpaired) electrons. The fourth-order valence-electron chi connectivity index (χ4n) is 1.95. The summed E-state index contributed by atoms with van der Waals surface area (Å²) in [5.41, 5.74) is 0. The highest BCUT2D eigenvalue weighted by molar-refractivity contribution is 5.71. The molecule has 1 heterocycles. The molecule has 1 fully saturated rings. The van der Waals surface area contributed by atoms with Crippen LogP contribution in [0.5, 0.6) is 0 Å². The molecule has 17 heavy (non-hydrogen) atoms. The van der Waals surface area contributed by atoms with Crippen molar-refractivity contribution in [2.75, 3.05) is 32.8 Å². The summed E-state index contributed by atoms with van der Waals surface area (Å²) < 4.78 is 39.8. The van der Waals surface area contributed by atoms with Gasteiger partial charge in [-0.3, -0.25) is 9.69 Å². The van der Waals surface area contributed by atoms with Crippen molar-refractivity contribution in [1.82, 2.24) is 4.90 Å². The minimum Gasteiger partial charge on any atom is -0.481 e. The predicted molar refractivity (Wildman–Crippen MR) is 53.6 cm³/mol. The van der Waals surface area contributed by atoms with Gasteiger partial charge in [0.1, 0.15) is 6.61 Å². The van der Waals surface area contributed by atoms with Crippen molar-refractivity contribution in [3.63, 3.8) is 0 Å². The van der Waals surface area contributed by atoms with Crippen molar-refractivity contribution in [2.24, 2.45) is 11.8 Å². The Labute approximate surface area is 97.3 Å². The topological polar surface area (TPSA) is 49.8 Å². The maximum absolute atomic E-state index is 11.8. The molecule has 0 aromatic carbocycles. The number of carboxylic acids is 1. The lowest BCUT2D eigenvalue weighted by atomic mass is 9.99. The quantitative estimate of drug-likeness (QED) is 0.750.